The van der Waals surface area contributed by atoms with Crippen molar-refractivity contribution >= 4 is 11.8 Å². The largest absolute Gasteiger partial charge is 0.469 e. The Balaban J connectivity index is 1.32. The second-order valence-corrected chi connectivity index (χ2v) is 14.7. The van der Waals surface area contributed by atoms with Crippen LogP contribution >= 0.6 is 0 Å². The summed E-state index contributed by atoms with van der Waals surface area (Å²) in [6.07, 6.45) is 0. The van der Waals surface area contributed by atoms with Crippen LogP contribution in [0.2, 0.25) is 0 Å². The predicted octanol–water partition coefficient (Wildman–Crippen LogP) is 9.81. The number of ether oxygens (including phenoxy) is 2. The summed E-state index contributed by atoms with van der Waals surface area (Å²) in [6.45, 7) is 16.7. The summed E-state index contributed by atoms with van der Waals surface area (Å²) in [5.41, 5.74) is 7.10. The molecule has 3 heterocycles. The Morgan fingerprint density at radius 1 is 0.396 bits per heavy atom. The van der Waals surface area contributed by atoms with E-state index in [-0.39, 0.29) is 11.1 Å². The van der Waals surface area contributed by atoms with Crippen molar-refractivity contribution < 1.29 is 9.47 Å². The molecule has 2 aliphatic heterocycles. The molecule has 0 spiro atoms. The summed E-state index contributed by atoms with van der Waals surface area (Å²) in [7, 11) is 0. The van der Waals surface area contributed by atoms with Crippen LogP contribution in [0.3, 0.4) is 0 Å². The van der Waals surface area contributed by atoms with E-state index in [4.69, 9.17) is 29.4 Å². The van der Waals surface area contributed by atoms with E-state index in [0.29, 0.717) is 17.6 Å². The molecule has 6 heteroatoms. The Morgan fingerprint density at radius 2 is 0.812 bits per heavy atom. The van der Waals surface area contributed by atoms with Gasteiger partial charge in [0.05, 0.1) is 22.5 Å². The zero-order valence-corrected chi connectivity index (χ0v) is 29.0. The smallest absolute Gasteiger partial charge is 0.217 e. The van der Waals surface area contributed by atoms with E-state index < -0.39 is 11.2 Å². The first-order valence-electron chi connectivity index (χ1n) is 16.6. The van der Waals surface area contributed by atoms with Crippen molar-refractivity contribution in [1.29, 1.82) is 0 Å². The summed E-state index contributed by atoms with van der Waals surface area (Å²) in [5, 5.41) is 0. The highest BCUT2D eigenvalue weighted by Crippen LogP contribution is 2.39. The molecule has 0 amide bonds. The molecule has 242 valence electrons. The molecule has 1 aromatic heterocycles. The van der Waals surface area contributed by atoms with Crippen LogP contribution in [0.4, 0.5) is 0 Å². The minimum Gasteiger partial charge on any atom is -0.469 e. The van der Waals surface area contributed by atoms with Crippen LogP contribution < -0.4 is 0 Å². The molecule has 4 aromatic carbocycles. The molecule has 0 atom stereocenters. The lowest BCUT2D eigenvalue weighted by molar-refractivity contribution is 0.0618. The quantitative estimate of drug-likeness (QED) is 0.186. The van der Waals surface area contributed by atoms with Crippen molar-refractivity contribution in [3.8, 4) is 45.0 Å². The standard InChI is InChI=1S/C42H42N4O2/c1-39(2)41(5,6)47-37(45-39)32-18-12-16-30(24-32)35-26-34(29-22-20-28(21-23-29)27-14-10-9-11-15-27)43-36(44-35)31-17-13-19-33(25-31)38-46-40(3,4)42(7,8)48-38/h9-26H,1-8H3. The van der Waals surface area contributed by atoms with Crippen molar-refractivity contribution in [3.63, 3.8) is 0 Å². The van der Waals surface area contributed by atoms with E-state index in [2.05, 4.69) is 128 Å². The first kappa shape index (κ1) is 31.5. The molecule has 0 bridgehead atoms. The molecule has 2 aliphatic rings. The maximum Gasteiger partial charge on any atom is 0.217 e. The molecule has 0 saturated carbocycles. The molecule has 0 fully saturated rings. The molecule has 5 aromatic rings. The molecule has 48 heavy (non-hydrogen) atoms. The van der Waals surface area contributed by atoms with E-state index in [1.807, 2.05) is 36.4 Å². The first-order chi connectivity index (χ1) is 22.7. The van der Waals surface area contributed by atoms with Crippen LogP contribution in [0, 0.1) is 0 Å². The van der Waals surface area contributed by atoms with E-state index in [1.165, 1.54) is 5.56 Å². The molecule has 0 unspecified atom stereocenters. The Kier molecular flexibility index (Phi) is 7.39. The van der Waals surface area contributed by atoms with Gasteiger partial charge >= 0.3 is 0 Å². The Hall–Kier alpha value is -5.10. The van der Waals surface area contributed by atoms with E-state index in [1.54, 1.807) is 0 Å². The van der Waals surface area contributed by atoms with Gasteiger partial charge in [-0.15, -0.1) is 0 Å². The first-order valence-corrected chi connectivity index (χ1v) is 16.6. The van der Waals surface area contributed by atoms with Gasteiger partial charge in [0, 0.05) is 27.8 Å². The van der Waals surface area contributed by atoms with Crippen LogP contribution in [0.1, 0.15) is 66.5 Å². The molecular formula is C42H42N4O2. The summed E-state index contributed by atoms with van der Waals surface area (Å²) in [6, 6.07) is 37.4. The number of benzene rings is 4. The number of aliphatic imine (C=N–C) groups is 2. The lowest BCUT2D eigenvalue weighted by atomic mass is 9.87. The van der Waals surface area contributed by atoms with Crippen molar-refractivity contribution in [3.05, 3.63) is 120 Å². The fraction of sp³-hybridized carbons (Fsp3) is 0.286. The maximum absolute atomic E-state index is 6.36. The van der Waals surface area contributed by atoms with Gasteiger partial charge in [-0.3, -0.25) is 0 Å². The highest BCUT2D eigenvalue weighted by Gasteiger charge is 2.46. The molecule has 0 radical (unpaired) electrons. The number of hydrogen-bond acceptors (Lipinski definition) is 6. The van der Waals surface area contributed by atoms with Gasteiger partial charge < -0.3 is 9.47 Å². The summed E-state index contributed by atoms with van der Waals surface area (Å²) in [5.74, 6) is 1.90. The van der Waals surface area contributed by atoms with Gasteiger partial charge in [0.15, 0.2) is 5.82 Å². The van der Waals surface area contributed by atoms with Gasteiger partial charge in [0.25, 0.3) is 0 Å². The van der Waals surface area contributed by atoms with Gasteiger partial charge in [-0.25, -0.2) is 20.0 Å². The Labute approximate surface area is 283 Å². The van der Waals surface area contributed by atoms with Crippen molar-refractivity contribution in [1.82, 2.24) is 9.97 Å². The third-order valence-electron chi connectivity index (χ3n) is 10.2. The van der Waals surface area contributed by atoms with Gasteiger partial charge in [-0.2, -0.15) is 0 Å². The van der Waals surface area contributed by atoms with E-state index in [0.717, 1.165) is 44.8 Å². The molecule has 7 rings (SSSR count). The van der Waals surface area contributed by atoms with Gasteiger partial charge in [-0.05, 0) is 96.8 Å². The van der Waals surface area contributed by atoms with Gasteiger partial charge in [0.2, 0.25) is 11.8 Å². The fourth-order valence-corrected chi connectivity index (χ4v) is 5.74. The van der Waals surface area contributed by atoms with Crippen LogP contribution in [-0.4, -0.2) is 44.0 Å². The molecule has 6 nitrogen and oxygen atoms in total. The average molecular weight is 635 g/mol. The fourth-order valence-electron chi connectivity index (χ4n) is 5.74. The van der Waals surface area contributed by atoms with E-state index >= 15 is 0 Å². The van der Waals surface area contributed by atoms with E-state index in [9.17, 15) is 0 Å². The summed E-state index contributed by atoms with van der Waals surface area (Å²) < 4.78 is 12.7. The van der Waals surface area contributed by atoms with Crippen LogP contribution in [-0.2, 0) is 9.47 Å². The Bertz CT molecular complexity index is 1970. The topological polar surface area (TPSA) is 69.0 Å². The highest BCUT2D eigenvalue weighted by molar-refractivity contribution is 5.98. The molecule has 0 N–H and O–H groups in total. The monoisotopic (exact) mass is 634 g/mol. The normalized spacial score (nSPS) is 18.4. The molecular weight excluding hydrogens is 592 g/mol. The SMILES string of the molecule is CC1(C)N=C(c2cccc(-c3cc(-c4ccc(-c5ccccc5)cc4)nc(-c4cccc(C5=NC(C)(C)C(C)(C)O5)c4)n3)c2)OC1(C)C. The minimum atomic E-state index is -0.420. The van der Waals surface area contributed by atoms with Crippen LogP contribution in [0.25, 0.3) is 45.0 Å². The van der Waals surface area contributed by atoms with Crippen molar-refractivity contribution in [2.75, 3.05) is 0 Å². The third kappa shape index (κ3) is 5.70. The Morgan fingerprint density at radius 3 is 1.33 bits per heavy atom. The van der Waals surface area contributed by atoms with Crippen LogP contribution in [0.5, 0.6) is 0 Å². The number of rotatable bonds is 6. The zero-order valence-electron chi connectivity index (χ0n) is 29.0. The van der Waals surface area contributed by atoms with Crippen molar-refractivity contribution in [2.24, 2.45) is 9.98 Å². The van der Waals surface area contributed by atoms with Gasteiger partial charge in [-0.1, -0.05) is 78.9 Å². The van der Waals surface area contributed by atoms with Crippen molar-refractivity contribution in [2.45, 2.75) is 77.7 Å². The molecule has 0 saturated heterocycles. The average Bonchev–Trinajstić information content (AvgIpc) is 3.44. The number of nitrogens with zero attached hydrogens (tertiary/aromatic N) is 4. The summed E-state index contributed by atoms with van der Waals surface area (Å²) >= 11 is 0. The number of aromatic nitrogens is 2. The lowest BCUT2D eigenvalue weighted by Gasteiger charge is -2.30. The second-order valence-electron chi connectivity index (χ2n) is 14.7. The summed E-state index contributed by atoms with van der Waals surface area (Å²) in [4.78, 5) is 20.2. The van der Waals surface area contributed by atoms with Gasteiger partial charge in [0.1, 0.15) is 11.2 Å². The zero-order chi connectivity index (χ0) is 33.9. The lowest BCUT2D eigenvalue weighted by Crippen LogP contribution is -2.41. The minimum absolute atomic E-state index is 0.345. The predicted molar refractivity (Wildman–Crippen MR) is 195 cm³/mol. The van der Waals surface area contributed by atoms with Crippen LogP contribution in [0.15, 0.2) is 119 Å². The maximum atomic E-state index is 6.36. The highest BCUT2D eigenvalue weighted by atomic mass is 16.5. The molecule has 0 aliphatic carbocycles. The second kappa shape index (κ2) is 11.3. The third-order valence-corrected chi connectivity index (χ3v) is 10.2. The number of hydrogen-bond donors (Lipinski definition) is 0.